The summed E-state index contributed by atoms with van der Waals surface area (Å²) in [5, 5.41) is 0.955. The van der Waals surface area contributed by atoms with Crippen molar-refractivity contribution < 1.29 is 0 Å². The maximum Gasteiger partial charge on any atom is 0.131 e. The average Bonchev–Trinajstić information content (AvgIpc) is 2.37. The summed E-state index contributed by atoms with van der Waals surface area (Å²) in [6.45, 7) is 8.23. The monoisotopic (exact) mass is 273 g/mol. The van der Waals surface area contributed by atoms with Crippen LogP contribution >= 0.6 is 11.8 Å². The Kier molecular flexibility index (Phi) is 4.10. The molecule has 3 nitrogen and oxygen atoms in total. The van der Waals surface area contributed by atoms with Gasteiger partial charge in [0, 0.05) is 16.9 Å². The van der Waals surface area contributed by atoms with E-state index in [1.165, 1.54) is 16.0 Å². The van der Waals surface area contributed by atoms with Gasteiger partial charge in [0.05, 0.1) is 0 Å². The van der Waals surface area contributed by atoms with Crippen LogP contribution in [0.3, 0.4) is 0 Å². The van der Waals surface area contributed by atoms with Gasteiger partial charge in [-0.15, -0.1) is 0 Å². The quantitative estimate of drug-likeness (QED) is 0.866. The van der Waals surface area contributed by atoms with E-state index in [9.17, 15) is 0 Å². The van der Waals surface area contributed by atoms with E-state index in [1.807, 2.05) is 13.8 Å². The van der Waals surface area contributed by atoms with E-state index in [4.69, 9.17) is 5.73 Å². The number of aromatic nitrogens is 2. The van der Waals surface area contributed by atoms with Crippen LogP contribution in [0.15, 0.2) is 28.1 Å². The fourth-order valence-corrected chi connectivity index (χ4v) is 2.81. The van der Waals surface area contributed by atoms with Crippen molar-refractivity contribution in [2.45, 2.75) is 44.0 Å². The summed E-state index contributed by atoms with van der Waals surface area (Å²) in [6, 6.07) is 6.44. The van der Waals surface area contributed by atoms with Crippen LogP contribution in [0.1, 0.15) is 29.4 Å². The molecule has 0 aliphatic rings. The van der Waals surface area contributed by atoms with Gasteiger partial charge in [-0.05, 0) is 32.4 Å². The molecule has 1 aromatic carbocycles. The highest BCUT2D eigenvalue weighted by Gasteiger charge is 2.10. The molecule has 100 valence electrons. The molecule has 0 aliphatic heterocycles. The normalized spacial score (nSPS) is 10.7. The van der Waals surface area contributed by atoms with Crippen molar-refractivity contribution in [2.24, 2.45) is 0 Å². The van der Waals surface area contributed by atoms with Crippen LogP contribution in [0.4, 0.5) is 5.82 Å². The van der Waals surface area contributed by atoms with Crippen molar-refractivity contribution in [3.63, 3.8) is 0 Å². The Labute approximate surface area is 118 Å². The van der Waals surface area contributed by atoms with Crippen LogP contribution in [0.25, 0.3) is 0 Å². The smallest absolute Gasteiger partial charge is 0.131 e. The Morgan fingerprint density at radius 1 is 1.16 bits per heavy atom. The molecular formula is C15H19N3S. The molecule has 0 saturated heterocycles. The second kappa shape index (κ2) is 5.61. The summed E-state index contributed by atoms with van der Waals surface area (Å²) >= 11 is 1.66. The summed E-state index contributed by atoms with van der Waals surface area (Å²) in [7, 11) is 0. The summed E-state index contributed by atoms with van der Waals surface area (Å²) in [5.74, 6) is 1.38. The van der Waals surface area contributed by atoms with Gasteiger partial charge >= 0.3 is 0 Å². The first-order valence-electron chi connectivity index (χ1n) is 6.39. The topological polar surface area (TPSA) is 51.8 Å². The van der Waals surface area contributed by atoms with E-state index in [2.05, 4.69) is 42.0 Å². The van der Waals surface area contributed by atoms with Gasteiger partial charge in [-0.1, -0.05) is 36.4 Å². The van der Waals surface area contributed by atoms with Crippen LogP contribution in [0, 0.1) is 20.8 Å². The van der Waals surface area contributed by atoms with Crippen LogP contribution < -0.4 is 5.73 Å². The van der Waals surface area contributed by atoms with E-state index in [0.717, 1.165) is 22.8 Å². The van der Waals surface area contributed by atoms with Crippen molar-refractivity contribution in [3.8, 4) is 0 Å². The third-order valence-electron chi connectivity index (χ3n) is 3.04. The SMILES string of the molecule is CCc1nc(N)c(C)c(Sc2ccc(C)cc2C)n1. The van der Waals surface area contributed by atoms with E-state index < -0.39 is 0 Å². The number of benzene rings is 1. The van der Waals surface area contributed by atoms with Crippen molar-refractivity contribution in [2.75, 3.05) is 5.73 Å². The number of aryl methyl sites for hydroxylation is 3. The Morgan fingerprint density at radius 3 is 2.53 bits per heavy atom. The molecule has 0 radical (unpaired) electrons. The van der Waals surface area contributed by atoms with Crippen molar-refractivity contribution in [1.82, 2.24) is 9.97 Å². The first-order chi connectivity index (χ1) is 9.01. The number of rotatable bonds is 3. The maximum absolute atomic E-state index is 5.95. The number of nitrogens with two attached hydrogens (primary N) is 1. The standard InChI is InChI=1S/C15H19N3S/c1-5-13-17-14(16)11(4)15(18-13)19-12-7-6-9(2)8-10(12)3/h6-8H,5H2,1-4H3,(H2,16,17,18). The van der Waals surface area contributed by atoms with Gasteiger partial charge in [-0.2, -0.15) is 0 Å². The fraction of sp³-hybridized carbons (Fsp3) is 0.333. The number of anilines is 1. The van der Waals surface area contributed by atoms with E-state index >= 15 is 0 Å². The number of nitrogens with zero attached hydrogens (tertiary/aromatic N) is 2. The molecule has 19 heavy (non-hydrogen) atoms. The van der Waals surface area contributed by atoms with Gasteiger partial charge in [0.15, 0.2) is 0 Å². The molecule has 0 saturated carbocycles. The number of nitrogen functional groups attached to an aromatic ring is 1. The molecule has 2 rings (SSSR count). The minimum atomic E-state index is 0.583. The lowest BCUT2D eigenvalue weighted by atomic mass is 10.2. The first kappa shape index (κ1) is 13.9. The zero-order valence-electron chi connectivity index (χ0n) is 11.8. The number of hydrogen-bond acceptors (Lipinski definition) is 4. The van der Waals surface area contributed by atoms with Crippen LogP contribution in [-0.2, 0) is 6.42 Å². The molecule has 2 aromatic rings. The summed E-state index contributed by atoms with van der Waals surface area (Å²) < 4.78 is 0. The molecular weight excluding hydrogens is 254 g/mol. The molecule has 0 unspecified atom stereocenters. The van der Waals surface area contributed by atoms with Gasteiger partial charge in [-0.3, -0.25) is 0 Å². The highest BCUT2D eigenvalue weighted by Crippen LogP contribution is 2.32. The summed E-state index contributed by atoms with van der Waals surface area (Å²) in [5.41, 5.74) is 9.45. The Hall–Kier alpha value is -1.55. The van der Waals surface area contributed by atoms with Crippen molar-refractivity contribution in [1.29, 1.82) is 0 Å². The van der Waals surface area contributed by atoms with E-state index in [1.54, 1.807) is 11.8 Å². The van der Waals surface area contributed by atoms with Crippen LogP contribution in [-0.4, -0.2) is 9.97 Å². The fourth-order valence-electron chi connectivity index (χ4n) is 1.83. The largest absolute Gasteiger partial charge is 0.383 e. The van der Waals surface area contributed by atoms with Gasteiger partial charge in [-0.25, -0.2) is 9.97 Å². The second-order valence-electron chi connectivity index (χ2n) is 4.68. The minimum absolute atomic E-state index is 0.583. The third-order valence-corrected chi connectivity index (χ3v) is 4.31. The van der Waals surface area contributed by atoms with Crippen LogP contribution in [0.5, 0.6) is 0 Å². The lowest BCUT2D eigenvalue weighted by molar-refractivity contribution is 0.878. The lowest BCUT2D eigenvalue weighted by Gasteiger charge is -2.10. The molecule has 0 bridgehead atoms. The van der Waals surface area contributed by atoms with Gasteiger partial charge < -0.3 is 5.73 Å². The molecule has 1 aromatic heterocycles. The summed E-state index contributed by atoms with van der Waals surface area (Å²) in [6.07, 6.45) is 0.797. The molecule has 0 amide bonds. The molecule has 1 heterocycles. The highest BCUT2D eigenvalue weighted by atomic mass is 32.2. The maximum atomic E-state index is 5.95. The Bertz CT molecular complexity index is 609. The van der Waals surface area contributed by atoms with E-state index in [-0.39, 0.29) is 0 Å². The molecule has 0 fully saturated rings. The van der Waals surface area contributed by atoms with Crippen LogP contribution in [0.2, 0.25) is 0 Å². The lowest BCUT2D eigenvalue weighted by Crippen LogP contribution is -2.03. The van der Waals surface area contributed by atoms with Gasteiger partial charge in [0.25, 0.3) is 0 Å². The van der Waals surface area contributed by atoms with Crippen molar-refractivity contribution >= 4 is 17.6 Å². The summed E-state index contributed by atoms with van der Waals surface area (Å²) in [4.78, 5) is 10.1. The molecule has 2 N–H and O–H groups in total. The number of hydrogen-bond donors (Lipinski definition) is 1. The van der Waals surface area contributed by atoms with Crippen molar-refractivity contribution in [3.05, 3.63) is 40.7 Å². The Morgan fingerprint density at radius 2 is 1.89 bits per heavy atom. The van der Waals surface area contributed by atoms with E-state index in [0.29, 0.717) is 5.82 Å². The molecule has 0 aliphatic carbocycles. The second-order valence-corrected chi connectivity index (χ2v) is 5.71. The van der Waals surface area contributed by atoms with Gasteiger partial charge in [0.1, 0.15) is 16.7 Å². The minimum Gasteiger partial charge on any atom is -0.383 e. The predicted molar refractivity (Wildman–Crippen MR) is 80.6 cm³/mol. The molecule has 0 atom stereocenters. The third kappa shape index (κ3) is 3.07. The zero-order chi connectivity index (χ0) is 14.0. The first-order valence-corrected chi connectivity index (χ1v) is 7.21. The molecule has 0 spiro atoms. The predicted octanol–water partition coefficient (Wildman–Crippen LogP) is 3.70. The highest BCUT2D eigenvalue weighted by molar-refractivity contribution is 7.99. The zero-order valence-corrected chi connectivity index (χ0v) is 12.6. The Balaban J connectivity index is 2.40. The molecule has 4 heteroatoms. The average molecular weight is 273 g/mol. The van der Waals surface area contributed by atoms with Gasteiger partial charge in [0.2, 0.25) is 0 Å².